The average Bonchev–Trinajstić information content (AvgIpc) is 2.58. The van der Waals surface area contributed by atoms with Gasteiger partial charge in [-0.3, -0.25) is 0 Å². The molecule has 2 N–H and O–H groups in total. The van der Waals surface area contributed by atoms with Crippen LogP contribution in [0.4, 0.5) is 26.3 Å². The lowest BCUT2D eigenvalue weighted by atomic mass is 9.89. The summed E-state index contributed by atoms with van der Waals surface area (Å²) in [6.07, 6.45) is -8.73. The van der Waals surface area contributed by atoms with E-state index in [9.17, 15) is 31.4 Å². The van der Waals surface area contributed by atoms with E-state index >= 15 is 0 Å². The number of benzene rings is 2. The van der Waals surface area contributed by atoms with Gasteiger partial charge >= 0.3 is 12.4 Å². The molecule has 142 valence electrons. The molecule has 2 nitrogen and oxygen atoms in total. The van der Waals surface area contributed by atoms with Crippen LogP contribution in [0.15, 0.2) is 30.3 Å². The first-order chi connectivity index (χ1) is 12.1. The molecule has 2 aromatic carbocycles. The second kappa shape index (κ2) is 6.74. The maximum absolute atomic E-state index is 13.3. The second-order valence-electron chi connectivity index (χ2n) is 6.46. The molecule has 0 unspecified atom stereocenters. The number of hydrogen-bond donors (Lipinski definition) is 2. The minimum atomic E-state index is -4.82. The van der Waals surface area contributed by atoms with E-state index in [0.29, 0.717) is 19.0 Å². The van der Waals surface area contributed by atoms with Crippen molar-refractivity contribution in [2.75, 3.05) is 6.54 Å². The summed E-state index contributed by atoms with van der Waals surface area (Å²) in [6.45, 7) is 0.604. The van der Waals surface area contributed by atoms with E-state index in [-0.39, 0.29) is 10.9 Å². The number of hydrogen-bond acceptors (Lipinski definition) is 2. The predicted molar refractivity (Wildman–Crippen MR) is 84.6 cm³/mol. The zero-order chi connectivity index (χ0) is 19.1. The molecule has 0 amide bonds. The standard InChI is InChI=1S/C18H17F6NO/c19-17(20,21)10-8-12-11(4-3-5-14(12)18(22,23)24)13(9-10)16(26)15-6-1-2-7-25-15/h3-5,8-9,15-16,25-26H,1-2,6-7H2/t15-,16+/m1/s1. The predicted octanol–water partition coefficient (Wildman–Crippen LogP) is 5.05. The largest absolute Gasteiger partial charge is 0.417 e. The van der Waals surface area contributed by atoms with Crippen molar-refractivity contribution in [3.63, 3.8) is 0 Å². The van der Waals surface area contributed by atoms with E-state index in [1.165, 1.54) is 6.07 Å². The first kappa shape index (κ1) is 19.0. The van der Waals surface area contributed by atoms with Crippen molar-refractivity contribution >= 4 is 10.8 Å². The first-order valence-corrected chi connectivity index (χ1v) is 8.21. The van der Waals surface area contributed by atoms with E-state index in [2.05, 4.69) is 5.32 Å². The van der Waals surface area contributed by atoms with Crippen LogP contribution in [0.2, 0.25) is 0 Å². The third-order valence-corrected chi connectivity index (χ3v) is 4.71. The van der Waals surface area contributed by atoms with Crippen molar-refractivity contribution in [2.45, 2.75) is 43.8 Å². The molecule has 0 saturated carbocycles. The van der Waals surface area contributed by atoms with Gasteiger partial charge in [-0.15, -0.1) is 0 Å². The molecule has 2 aromatic rings. The third kappa shape index (κ3) is 3.66. The molecule has 0 bridgehead atoms. The fraction of sp³-hybridized carbons (Fsp3) is 0.444. The van der Waals surface area contributed by atoms with Gasteiger partial charge in [0.2, 0.25) is 0 Å². The molecule has 1 aliphatic rings. The highest BCUT2D eigenvalue weighted by Crippen LogP contribution is 2.41. The molecule has 0 radical (unpaired) electrons. The summed E-state index contributed by atoms with van der Waals surface area (Å²) in [6, 6.07) is 3.96. The molecule has 3 rings (SSSR count). The van der Waals surface area contributed by atoms with Crippen LogP contribution in [0, 0.1) is 0 Å². The lowest BCUT2D eigenvalue weighted by molar-refractivity contribution is -0.139. The van der Waals surface area contributed by atoms with Crippen LogP contribution in [-0.4, -0.2) is 17.7 Å². The molecule has 1 fully saturated rings. The monoisotopic (exact) mass is 377 g/mol. The van der Waals surface area contributed by atoms with E-state index in [1.807, 2.05) is 0 Å². The van der Waals surface area contributed by atoms with Gasteiger partial charge < -0.3 is 10.4 Å². The molecular formula is C18H17F6NO. The summed E-state index contributed by atoms with van der Waals surface area (Å²) in [5.41, 5.74) is -2.49. The number of piperidine rings is 1. The highest BCUT2D eigenvalue weighted by Gasteiger charge is 2.37. The van der Waals surface area contributed by atoms with Gasteiger partial charge in [-0.25, -0.2) is 0 Å². The Balaban J connectivity index is 2.23. The van der Waals surface area contributed by atoms with Crippen LogP contribution >= 0.6 is 0 Å². The Kier molecular flexibility index (Phi) is 4.92. The minimum absolute atomic E-state index is 0.0206. The van der Waals surface area contributed by atoms with Crippen LogP contribution < -0.4 is 5.32 Å². The van der Waals surface area contributed by atoms with E-state index in [1.54, 1.807) is 0 Å². The zero-order valence-corrected chi connectivity index (χ0v) is 13.6. The second-order valence-corrected chi connectivity index (χ2v) is 6.46. The number of alkyl halides is 6. The molecule has 2 atom stereocenters. The quantitative estimate of drug-likeness (QED) is 0.718. The highest BCUT2D eigenvalue weighted by atomic mass is 19.4. The lowest BCUT2D eigenvalue weighted by Gasteiger charge is -2.29. The number of fused-ring (bicyclic) bond motifs is 1. The molecule has 0 spiro atoms. The van der Waals surface area contributed by atoms with Gasteiger partial charge in [0.25, 0.3) is 0 Å². The molecule has 8 heteroatoms. The molecular weight excluding hydrogens is 360 g/mol. The Morgan fingerprint density at radius 2 is 1.69 bits per heavy atom. The first-order valence-electron chi connectivity index (χ1n) is 8.21. The molecule has 0 aliphatic carbocycles. The molecule has 1 aliphatic heterocycles. The third-order valence-electron chi connectivity index (χ3n) is 4.71. The normalized spacial score (nSPS) is 20.3. The van der Waals surface area contributed by atoms with Gasteiger partial charge in [0.05, 0.1) is 17.2 Å². The number of nitrogens with one attached hydrogen (secondary N) is 1. The van der Waals surface area contributed by atoms with Crippen molar-refractivity contribution in [3.05, 3.63) is 47.0 Å². The highest BCUT2D eigenvalue weighted by molar-refractivity contribution is 5.90. The van der Waals surface area contributed by atoms with Crippen molar-refractivity contribution in [2.24, 2.45) is 0 Å². The Morgan fingerprint density at radius 3 is 2.27 bits per heavy atom. The Morgan fingerprint density at radius 1 is 0.962 bits per heavy atom. The maximum Gasteiger partial charge on any atom is 0.417 e. The van der Waals surface area contributed by atoms with Crippen molar-refractivity contribution in [1.29, 1.82) is 0 Å². The van der Waals surface area contributed by atoms with Gasteiger partial charge in [0.1, 0.15) is 0 Å². The van der Waals surface area contributed by atoms with Gasteiger partial charge in [-0.2, -0.15) is 26.3 Å². The molecule has 1 heterocycles. The van der Waals surface area contributed by atoms with Crippen LogP contribution in [0.25, 0.3) is 10.8 Å². The van der Waals surface area contributed by atoms with Gasteiger partial charge in [0, 0.05) is 6.04 Å². The number of rotatable bonds is 2. The summed E-state index contributed by atoms with van der Waals surface area (Å²) in [5, 5.41) is 13.1. The van der Waals surface area contributed by atoms with E-state index in [4.69, 9.17) is 0 Å². The fourth-order valence-corrected chi connectivity index (χ4v) is 3.44. The maximum atomic E-state index is 13.3. The van der Waals surface area contributed by atoms with Crippen LogP contribution in [0.3, 0.4) is 0 Å². The Bertz CT molecular complexity index is 793. The van der Waals surface area contributed by atoms with Crippen LogP contribution in [0.5, 0.6) is 0 Å². The minimum Gasteiger partial charge on any atom is -0.387 e. The van der Waals surface area contributed by atoms with E-state index < -0.39 is 41.0 Å². The number of aliphatic hydroxyl groups excluding tert-OH is 1. The Hall–Kier alpha value is -1.80. The van der Waals surface area contributed by atoms with Gasteiger partial charge in [-0.05, 0) is 53.9 Å². The van der Waals surface area contributed by atoms with Crippen molar-refractivity contribution in [1.82, 2.24) is 5.32 Å². The number of halogens is 6. The summed E-state index contributed by atoms with van der Waals surface area (Å²) in [4.78, 5) is 0. The van der Waals surface area contributed by atoms with Gasteiger partial charge in [0.15, 0.2) is 0 Å². The molecule has 1 saturated heterocycles. The summed E-state index contributed by atoms with van der Waals surface area (Å²) in [7, 11) is 0. The lowest BCUT2D eigenvalue weighted by Crippen LogP contribution is -2.39. The summed E-state index contributed by atoms with van der Waals surface area (Å²) < 4.78 is 79.6. The topological polar surface area (TPSA) is 32.3 Å². The summed E-state index contributed by atoms with van der Waals surface area (Å²) >= 11 is 0. The number of aliphatic hydroxyl groups is 1. The fourth-order valence-electron chi connectivity index (χ4n) is 3.44. The molecule has 26 heavy (non-hydrogen) atoms. The average molecular weight is 377 g/mol. The van der Waals surface area contributed by atoms with Gasteiger partial charge in [-0.1, -0.05) is 18.6 Å². The van der Waals surface area contributed by atoms with Crippen molar-refractivity contribution in [3.8, 4) is 0 Å². The zero-order valence-electron chi connectivity index (χ0n) is 13.6. The molecule has 0 aromatic heterocycles. The SMILES string of the molecule is O[C@@H](c1cc(C(F)(F)F)cc2c(C(F)(F)F)cccc12)[C@H]1CCCCN1. The summed E-state index contributed by atoms with van der Waals surface area (Å²) in [5.74, 6) is 0. The van der Waals surface area contributed by atoms with Crippen molar-refractivity contribution < 1.29 is 31.4 Å². The van der Waals surface area contributed by atoms with Crippen LogP contribution in [0.1, 0.15) is 42.1 Å². The van der Waals surface area contributed by atoms with E-state index in [0.717, 1.165) is 31.0 Å². The smallest absolute Gasteiger partial charge is 0.387 e. The van der Waals surface area contributed by atoms with Crippen LogP contribution in [-0.2, 0) is 12.4 Å². The Labute approximate surface area is 145 Å².